The van der Waals surface area contributed by atoms with E-state index in [-0.39, 0.29) is 31.3 Å². The molecule has 25 heavy (non-hydrogen) atoms. The van der Waals surface area contributed by atoms with E-state index in [9.17, 15) is 4.79 Å². The Morgan fingerprint density at radius 2 is 2.08 bits per heavy atom. The number of carbonyl (C=O) groups is 1. The second-order valence-electron chi connectivity index (χ2n) is 7.71. The Bertz CT molecular complexity index is 449. The first kappa shape index (κ1) is 20.9. The Morgan fingerprint density at radius 1 is 1.36 bits per heavy atom. The van der Waals surface area contributed by atoms with Crippen molar-refractivity contribution in [3.05, 3.63) is 0 Å². The second kappa shape index (κ2) is 8.97. The molecule has 144 valence electrons. The van der Waals surface area contributed by atoms with Crippen molar-refractivity contribution in [2.75, 3.05) is 13.7 Å². The molecule has 0 aromatic carbocycles. The quantitative estimate of drug-likeness (QED) is 0.686. The number of methoxy groups -OCH3 is 1. The van der Waals surface area contributed by atoms with Gasteiger partial charge >= 0.3 is 7.12 Å². The maximum absolute atomic E-state index is 11.7. The minimum Gasteiger partial charge on any atom is -0.410 e. The van der Waals surface area contributed by atoms with Gasteiger partial charge in [0, 0.05) is 14.0 Å². The molecular weight excluding hydrogens is 341 g/mol. The third-order valence-electron chi connectivity index (χ3n) is 4.29. The zero-order valence-electron chi connectivity index (χ0n) is 16.2. The average molecular weight is 373 g/mol. The van der Waals surface area contributed by atoms with Gasteiger partial charge < -0.3 is 28.5 Å². The van der Waals surface area contributed by atoms with Crippen LogP contribution in [0.15, 0.2) is 0 Å². The van der Waals surface area contributed by atoms with E-state index < -0.39 is 20.6 Å². The molecule has 0 unspecified atom stereocenters. The van der Waals surface area contributed by atoms with Crippen LogP contribution >= 0.6 is 0 Å². The predicted octanol–water partition coefficient (Wildman–Crippen LogP) is 1.79. The molecule has 0 radical (unpaired) electrons. The van der Waals surface area contributed by atoms with Crippen molar-refractivity contribution in [2.45, 2.75) is 83.3 Å². The van der Waals surface area contributed by atoms with Crippen molar-refractivity contribution < 1.29 is 28.0 Å². The second-order valence-corrected chi connectivity index (χ2v) is 12.2. The molecule has 0 saturated carbocycles. The summed E-state index contributed by atoms with van der Waals surface area (Å²) in [5.41, 5.74) is 0. The Hall–Kier alpha value is -0.448. The van der Waals surface area contributed by atoms with E-state index in [1.54, 1.807) is 7.11 Å². The lowest BCUT2D eigenvalue weighted by Crippen LogP contribution is -2.69. The van der Waals surface area contributed by atoms with Gasteiger partial charge in [0.2, 0.25) is 5.91 Å². The van der Waals surface area contributed by atoms with Gasteiger partial charge in [-0.2, -0.15) is 0 Å². The maximum atomic E-state index is 11.7. The molecule has 2 aliphatic rings. The Kier molecular flexibility index (Phi) is 7.48. The first-order valence-electron chi connectivity index (χ1n) is 9.15. The molecule has 7 nitrogen and oxygen atoms in total. The minimum atomic E-state index is -1.89. The van der Waals surface area contributed by atoms with Gasteiger partial charge in [0.1, 0.15) is 12.1 Å². The molecule has 9 heteroatoms. The zero-order valence-corrected chi connectivity index (χ0v) is 17.2. The number of rotatable bonds is 7. The van der Waals surface area contributed by atoms with Crippen LogP contribution in [0.4, 0.5) is 0 Å². The summed E-state index contributed by atoms with van der Waals surface area (Å²) in [6, 6.07) is -0.416. The minimum absolute atomic E-state index is 0.145. The van der Waals surface area contributed by atoms with Crippen molar-refractivity contribution in [3.63, 3.8) is 0 Å². The van der Waals surface area contributed by atoms with Crippen LogP contribution in [0.2, 0.25) is 26.0 Å². The van der Waals surface area contributed by atoms with Crippen LogP contribution in [0.1, 0.15) is 26.7 Å². The molecule has 0 bridgehead atoms. The largest absolute Gasteiger partial charge is 0.457 e. The van der Waals surface area contributed by atoms with E-state index in [0.717, 1.165) is 19.2 Å². The first-order valence-corrected chi connectivity index (χ1v) is 12.6. The Labute approximate surface area is 152 Å². The Morgan fingerprint density at radius 3 is 2.64 bits per heavy atom. The summed E-state index contributed by atoms with van der Waals surface area (Å²) in [6.45, 7) is 10.4. The summed E-state index contributed by atoms with van der Waals surface area (Å²) in [4.78, 5) is 11.7. The van der Waals surface area contributed by atoms with Crippen molar-refractivity contribution in [1.29, 1.82) is 0 Å². The third kappa shape index (κ3) is 5.77. The molecular formula is C16H32BNO6Si. The third-order valence-corrected chi connectivity index (χ3v) is 5.27. The van der Waals surface area contributed by atoms with Crippen molar-refractivity contribution in [3.8, 4) is 0 Å². The fraction of sp³-hybridized carbons (Fsp3) is 0.938. The first-order chi connectivity index (χ1) is 11.7. The van der Waals surface area contributed by atoms with Gasteiger partial charge in [-0.15, -0.1) is 0 Å². The molecule has 0 aromatic heterocycles. The van der Waals surface area contributed by atoms with Crippen LogP contribution in [-0.2, 0) is 28.0 Å². The smallest absolute Gasteiger partial charge is 0.410 e. The van der Waals surface area contributed by atoms with E-state index in [1.807, 2.05) is 0 Å². The van der Waals surface area contributed by atoms with Crippen LogP contribution in [0.3, 0.4) is 0 Å². The average Bonchev–Trinajstić information content (AvgIpc) is 2.53. The number of hydrogen-bond acceptors (Lipinski definition) is 6. The summed E-state index contributed by atoms with van der Waals surface area (Å²) >= 11 is 0. The van der Waals surface area contributed by atoms with Crippen LogP contribution in [-0.4, -0.2) is 65.7 Å². The van der Waals surface area contributed by atoms with Gasteiger partial charge in [-0.3, -0.25) is 4.79 Å². The number of amides is 1. The molecule has 2 heterocycles. The van der Waals surface area contributed by atoms with Crippen LogP contribution in [0.25, 0.3) is 0 Å². The van der Waals surface area contributed by atoms with E-state index in [4.69, 9.17) is 23.2 Å². The van der Waals surface area contributed by atoms with Gasteiger partial charge in [-0.05, 0) is 26.0 Å². The number of hydrogen-bond donors (Lipinski definition) is 1. The van der Waals surface area contributed by atoms with Crippen molar-refractivity contribution in [2.24, 2.45) is 0 Å². The zero-order chi connectivity index (χ0) is 18.6. The molecule has 1 amide bonds. The summed E-state index contributed by atoms with van der Waals surface area (Å²) in [7, 11) is -0.572. The number of carbonyl (C=O) groups excluding carboxylic acids is 1. The van der Waals surface area contributed by atoms with Gasteiger partial charge in [-0.25, -0.2) is 0 Å². The number of ether oxygens (including phenoxy) is 2. The molecule has 1 N–H and O–H groups in total. The molecule has 2 rings (SSSR count). The molecule has 0 spiro atoms. The highest BCUT2D eigenvalue weighted by Crippen LogP contribution is 2.32. The van der Waals surface area contributed by atoms with Crippen LogP contribution < -0.4 is 5.32 Å². The van der Waals surface area contributed by atoms with Gasteiger partial charge in [-0.1, -0.05) is 19.8 Å². The Balaban J connectivity index is 2.22. The lowest BCUT2D eigenvalue weighted by molar-refractivity contribution is -0.266. The summed E-state index contributed by atoms with van der Waals surface area (Å²) < 4.78 is 29.9. The van der Waals surface area contributed by atoms with E-state index in [2.05, 4.69) is 31.9 Å². The molecule has 2 fully saturated rings. The van der Waals surface area contributed by atoms with E-state index >= 15 is 0 Å². The van der Waals surface area contributed by atoms with Gasteiger partial charge in [0.25, 0.3) is 0 Å². The molecule has 0 aromatic rings. The van der Waals surface area contributed by atoms with Gasteiger partial charge in [0.05, 0.1) is 18.8 Å². The number of fused-ring (bicyclic) bond motifs is 1. The predicted molar refractivity (Wildman–Crippen MR) is 97.8 cm³/mol. The highest BCUT2D eigenvalue weighted by Gasteiger charge is 2.52. The molecule has 0 aliphatic carbocycles. The highest BCUT2D eigenvalue weighted by atomic mass is 28.4. The SMILES string of the molecule is CCCCB1OC[C@H]2O[C@H](OC)[C@H](NC(C)=O)[C@@H](O[Si](C)(C)C)[C@@H]2O1. The highest BCUT2D eigenvalue weighted by molar-refractivity contribution is 6.69. The lowest BCUT2D eigenvalue weighted by atomic mass is 9.79. The summed E-state index contributed by atoms with van der Waals surface area (Å²) in [6.07, 6.45) is 1.50. The fourth-order valence-corrected chi connectivity index (χ4v) is 4.38. The monoisotopic (exact) mass is 373 g/mol. The summed E-state index contributed by atoms with van der Waals surface area (Å²) in [5.74, 6) is -0.145. The lowest BCUT2D eigenvalue weighted by Gasteiger charge is -2.50. The molecule has 5 atom stereocenters. The molecule has 2 saturated heterocycles. The molecule has 2 aliphatic heterocycles. The topological polar surface area (TPSA) is 75.2 Å². The normalized spacial score (nSPS) is 33.0. The summed E-state index contributed by atoms with van der Waals surface area (Å²) in [5, 5.41) is 2.93. The fourth-order valence-electron chi connectivity index (χ4n) is 3.28. The van der Waals surface area contributed by atoms with Crippen molar-refractivity contribution >= 4 is 21.3 Å². The van der Waals surface area contributed by atoms with Gasteiger partial charge in [0.15, 0.2) is 14.6 Å². The standard InChI is InChI=1S/C16H32BNO6Si/c1-7-8-9-17-21-10-12-14(23-17)15(24-25(4,5)6)13(18-11(2)19)16(20-3)22-12/h12-16H,7-10H2,1-6H3,(H,18,19)/t12-,13-,14-,15-,16+/m1/s1. The number of unbranched alkanes of at least 4 members (excludes halogenated alkanes) is 1. The van der Waals surface area contributed by atoms with E-state index in [0.29, 0.717) is 6.61 Å². The van der Waals surface area contributed by atoms with Crippen LogP contribution in [0.5, 0.6) is 0 Å². The van der Waals surface area contributed by atoms with Crippen molar-refractivity contribution in [1.82, 2.24) is 5.32 Å². The van der Waals surface area contributed by atoms with E-state index in [1.165, 1.54) is 6.92 Å². The van der Waals surface area contributed by atoms with Crippen LogP contribution in [0, 0.1) is 0 Å². The number of nitrogens with one attached hydrogen (secondary N) is 1. The maximum Gasteiger partial charge on any atom is 0.457 e.